The van der Waals surface area contributed by atoms with Gasteiger partial charge in [-0.15, -0.1) is 12.3 Å². The van der Waals surface area contributed by atoms with E-state index in [9.17, 15) is 4.39 Å². The number of benzene rings is 1. The molecule has 0 bridgehead atoms. The maximum atomic E-state index is 13.0. The number of halogens is 2. The van der Waals surface area contributed by atoms with Crippen LogP contribution >= 0.6 is 15.9 Å². The molecule has 0 spiro atoms. The van der Waals surface area contributed by atoms with E-state index in [-0.39, 0.29) is 11.9 Å². The molecule has 0 saturated heterocycles. The van der Waals surface area contributed by atoms with Crippen molar-refractivity contribution < 1.29 is 4.39 Å². The van der Waals surface area contributed by atoms with Crippen LogP contribution in [0.3, 0.4) is 0 Å². The highest BCUT2D eigenvalue weighted by molar-refractivity contribution is 9.10. The van der Waals surface area contributed by atoms with Crippen LogP contribution in [0.25, 0.3) is 0 Å². The molecule has 86 valence electrons. The van der Waals surface area contributed by atoms with E-state index in [2.05, 4.69) is 27.2 Å². The van der Waals surface area contributed by atoms with Crippen molar-refractivity contribution in [2.75, 3.05) is 6.54 Å². The second-order valence-electron chi connectivity index (χ2n) is 3.52. The fourth-order valence-corrected chi connectivity index (χ4v) is 2.25. The Hall–Kier alpha value is -0.850. The molecular formula is C13H15BrFN. The minimum Gasteiger partial charge on any atom is -0.310 e. The third kappa shape index (κ3) is 3.62. The van der Waals surface area contributed by atoms with Crippen molar-refractivity contribution in [1.29, 1.82) is 0 Å². The number of rotatable bonds is 5. The molecule has 0 aromatic heterocycles. The summed E-state index contributed by atoms with van der Waals surface area (Å²) < 4.78 is 13.8. The van der Waals surface area contributed by atoms with Gasteiger partial charge in [-0.2, -0.15) is 0 Å². The molecule has 0 heterocycles. The second kappa shape index (κ2) is 6.67. The molecule has 0 aliphatic rings. The largest absolute Gasteiger partial charge is 0.310 e. The highest BCUT2D eigenvalue weighted by Crippen LogP contribution is 2.27. The predicted molar refractivity (Wildman–Crippen MR) is 68.6 cm³/mol. The number of hydrogen-bond acceptors (Lipinski definition) is 1. The fourth-order valence-electron chi connectivity index (χ4n) is 1.63. The van der Waals surface area contributed by atoms with Crippen molar-refractivity contribution in [2.24, 2.45) is 0 Å². The summed E-state index contributed by atoms with van der Waals surface area (Å²) in [6.07, 6.45) is 6.83. The van der Waals surface area contributed by atoms with E-state index in [1.807, 2.05) is 6.92 Å². The molecule has 1 nitrogen and oxygen atoms in total. The van der Waals surface area contributed by atoms with Crippen LogP contribution < -0.4 is 5.32 Å². The van der Waals surface area contributed by atoms with Gasteiger partial charge in [-0.05, 0) is 30.7 Å². The Labute approximate surface area is 105 Å². The third-order valence-electron chi connectivity index (χ3n) is 2.37. The summed E-state index contributed by atoms with van der Waals surface area (Å²) in [5.41, 5.74) is 1.05. The van der Waals surface area contributed by atoms with E-state index in [0.29, 0.717) is 6.42 Å². The Bertz CT molecular complexity index is 384. The van der Waals surface area contributed by atoms with Crippen LogP contribution in [0.2, 0.25) is 0 Å². The molecule has 16 heavy (non-hydrogen) atoms. The van der Waals surface area contributed by atoms with Gasteiger partial charge in [0.1, 0.15) is 5.82 Å². The molecular weight excluding hydrogens is 269 g/mol. The normalized spacial score (nSPS) is 12.1. The first-order valence-corrected chi connectivity index (χ1v) is 6.10. The summed E-state index contributed by atoms with van der Waals surface area (Å²) in [4.78, 5) is 0. The lowest BCUT2D eigenvalue weighted by molar-refractivity contribution is 0.519. The van der Waals surface area contributed by atoms with Crippen LogP contribution in [0.1, 0.15) is 31.4 Å². The lowest BCUT2D eigenvalue weighted by Gasteiger charge is -2.18. The maximum Gasteiger partial charge on any atom is 0.124 e. The van der Waals surface area contributed by atoms with Gasteiger partial charge in [-0.3, -0.25) is 0 Å². The summed E-state index contributed by atoms with van der Waals surface area (Å²) in [7, 11) is 0. The summed E-state index contributed by atoms with van der Waals surface area (Å²) in [5, 5.41) is 3.35. The molecule has 1 N–H and O–H groups in total. The molecule has 0 amide bonds. The highest BCUT2D eigenvalue weighted by Gasteiger charge is 2.13. The van der Waals surface area contributed by atoms with Crippen molar-refractivity contribution in [3.05, 3.63) is 34.1 Å². The van der Waals surface area contributed by atoms with E-state index in [1.54, 1.807) is 6.07 Å². The van der Waals surface area contributed by atoms with Gasteiger partial charge in [0.05, 0.1) is 0 Å². The molecule has 0 aliphatic carbocycles. The Morgan fingerprint density at radius 1 is 1.56 bits per heavy atom. The van der Waals surface area contributed by atoms with E-state index in [0.717, 1.165) is 23.0 Å². The van der Waals surface area contributed by atoms with Crippen molar-refractivity contribution in [3.63, 3.8) is 0 Å². The monoisotopic (exact) mass is 283 g/mol. The zero-order valence-electron chi connectivity index (χ0n) is 9.26. The van der Waals surface area contributed by atoms with Crippen LogP contribution in [0.4, 0.5) is 4.39 Å². The number of terminal acetylenes is 1. The van der Waals surface area contributed by atoms with Gasteiger partial charge < -0.3 is 5.32 Å². The fraction of sp³-hybridized carbons (Fsp3) is 0.385. The summed E-state index contributed by atoms with van der Waals surface area (Å²) >= 11 is 3.38. The van der Waals surface area contributed by atoms with Crippen molar-refractivity contribution in [1.82, 2.24) is 5.32 Å². The van der Waals surface area contributed by atoms with Gasteiger partial charge >= 0.3 is 0 Å². The molecule has 0 saturated carbocycles. The highest BCUT2D eigenvalue weighted by atomic mass is 79.9. The van der Waals surface area contributed by atoms with Crippen molar-refractivity contribution >= 4 is 15.9 Å². The third-order valence-corrected chi connectivity index (χ3v) is 3.05. The van der Waals surface area contributed by atoms with Crippen LogP contribution in [-0.2, 0) is 0 Å². The summed E-state index contributed by atoms with van der Waals surface area (Å²) in [6, 6.07) is 4.93. The second-order valence-corrected chi connectivity index (χ2v) is 4.37. The Morgan fingerprint density at radius 2 is 2.31 bits per heavy atom. The first kappa shape index (κ1) is 13.2. The Morgan fingerprint density at radius 3 is 2.88 bits per heavy atom. The molecule has 1 aromatic rings. The molecule has 0 aliphatic heterocycles. The first-order valence-electron chi connectivity index (χ1n) is 5.30. The average molecular weight is 284 g/mol. The summed E-state index contributed by atoms with van der Waals surface area (Å²) in [6.45, 7) is 2.90. The van der Waals surface area contributed by atoms with E-state index in [1.165, 1.54) is 12.1 Å². The molecule has 1 atom stereocenters. The zero-order valence-corrected chi connectivity index (χ0v) is 10.8. The average Bonchev–Trinajstić information content (AvgIpc) is 2.25. The van der Waals surface area contributed by atoms with Gasteiger partial charge in [0.25, 0.3) is 0 Å². The van der Waals surface area contributed by atoms with E-state index in [4.69, 9.17) is 6.42 Å². The van der Waals surface area contributed by atoms with Gasteiger partial charge in [-0.1, -0.05) is 28.9 Å². The SMILES string of the molecule is C#CCCC(NCC)c1ccc(F)cc1Br. The lowest BCUT2D eigenvalue weighted by Crippen LogP contribution is -2.21. The minimum atomic E-state index is -0.233. The molecule has 0 fully saturated rings. The van der Waals surface area contributed by atoms with E-state index < -0.39 is 0 Å². The Balaban J connectivity index is 2.87. The van der Waals surface area contributed by atoms with Crippen molar-refractivity contribution in [2.45, 2.75) is 25.8 Å². The topological polar surface area (TPSA) is 12.0 Å². The van der Waals surface area contributed by atoms with Crippen LogP contribution in [-0.4, -0.2) is 6.54 Å². The standard InChI is InChI=1S/C13H15BrFN/c1-3-5-6-13(16-4-2)11-8-7-10(15)9-12(11)14/h1,7-9,13,16H,4-6H2,2H3. The quantitative estimate of drug-likeness (QED) is 0.814. The van der Waals surface area contributed by atoms with Crippen LogP contribution in [0, 0.1) is 18.2 Å². The lowest BCUT2D eigenvalue weighted by atomic mass is 10.0. The van der Waals surface area contributed by atoms with Crippen LogP contribution in [0.5, 0.6) is 0 Å². The molecule has 1 unspecified atom stereocenters. The maximum absolute atomic E-state index is 13.0. The predicted octanol–water partition coefficient (Wildman–Crippen LogP) is 3.65. The van der Waals surface area contributed by atoms with Crippen molar-refractivity contribution in [3.8, 4) is 12.3 Å². The molecule has 3 heteroatoms. The zero-order chi connectivity index (χ0) is 12.0. The molecule has 1 rings (SSSR count). The molecule has 0 radical (unpaired) electrons. The minimum absolute atomic E-state index is 0.177. The first-order chi connectivity index (χ1) is 7.69. The van der Waals surface area contributed by atoms with Gasteiger partial charge in [-0.25, -0.2) is 4.39 Å². The smallest absolute Gasteiger partial charge is 0.124 e. The van der Waals surface area contributed by atoms with Gasteiger partial charge in [0.15, 0.2) is 0 Å². The van der Waals surface area contributed by atoms with Gasteiger partial charge in [0.2, 0.25) is 0 Å². The van der Waals surface area contributed by atoms with Gasteiger partial charge in [0, 0.05) is 16.9 Å². The number of hydrogen-bond donors (Lipinski definition) is 1. The number of nitrogens with one attached hydrogen (secondary N) is 1. The Kier molecular flexibility index (Phi) is 5.51. The van der Waals surface area contributed by atoms with Crippen LogP contribution in [0.15, 0.2) is 22.7 Å². The summed E-state index contributed by atoms with van der Waals surface area (Å²) in [5.74, 6) is 2.39. The van der Waals surface area contributed by atoms with E-state index >= 15 is 0 Å². The molecule has 1 aromatic carbocycles.